The maximum absolute atomic E-state index is 10.8. The number of hydrogen-bond acceptors (Lipinski definition) is 3. The molecule has 1 aliphatic rings. The van der Waals surface area contributed by atoms with Crippen LogP contribution in [0.3, 0.4) is 0 Å². The molecule has 1 aromatic carbocycles. The number of benzene rings is 1. The topological polar surface area (TPSA) is 38.7 Å². The predicted molar refractivity (Wildman–Crippen MR) is 71.1 cm³/mol. The van der Waals surface area contributed by atoms with Crippen LogP contribution in [-0.2, 0) is 5.60 Å². The summed E-state index contributed by atoms with van der Waals surface area (Å²) in [5.41, 5.74) is 0.180. The number of ether oxygens (including phenoxy) is 2. The molecule has 1 fully saturated rings. The van der Waals surface area contributed by atoms with Crippen LogP contribution in [0.2, 0.25) is 0 Å². The summed E-state index contributed by atoms with van der Waals surface area (Å²) in [5.74, 6) is 2.17. The lowest BCUT2D eigenvalue weighted by Gasteiger charge is -2.35. The third kappa shape index (κ3) is 2.61. The highest BCUT2D eigenvalue weighted by Crippen LogP contribution is 2.41. The van der Waals surface area contributed by atoms with Gasteiger partial charge in [0.1, 0.15) is 11.5 Å². The average Bonchev–Trinajstić information content (AvgIpc) is 2.41. The van der Waals surface area contributed by atoms with E-state index in [2.05, 4.69) is 6.92 Å². The van der Waals surface area contributed by atoms with Gasteiger partial charge in [-0.25, -0.2) is 0 Å². The van der Waals surface area contributed by atoms with E-state index in [9.17, 15) is 5.11 Å². The molecular weight excluding hydrogens is 228 g/mol. The van der Waals surface area contributed by atoms with Crippen molar-refractivity contribution in [3.05, 3.63) is 23.8 Å². The highest BCUT2D eigenvalue weighted by molar-refractivity contribution is 5.41. The molecule has 0 radical (unpaired) electrons. The SMILES string of the molecule is COc1cc(OC)cc(C2(O)CCC(C)CC2)c1. The van der Waals surface area contributed by atoms with Crippen molar-refractivity contribution in [3.8, 4) is 11.5 Å². The Labute approximate surface area is 109 Å². The van der Waals surface area contributed by atoms with E-state index in [1.807, 2.05) is 18.2 Å². The fourth-order valence-corrected chi connectivity index (χ4v) is 2.60. The highest BCUT2D eigenvalue weighted by atomic mass is 16.5. The summed E-state index contributed by atoms with van der Waals surface area (Å²) in [6.07, 6.45) is 3.75. The van der Waals surface area contributed by atoms with Crippen LogP contribution in [0.4, 0.5) is 0 Å². The summed E-state index contributed by atoms with van der Waals surface area (Å²) in [5, 5.41) is 10.8. The van der Waals surface area contributed by atoms with Gasteiger partial charge in [0.15, 0.2) is 0 Å². The minimum absolute atomic E-state index is 0.706. The molecule has 0 spiro atoms. The summed E-state index contributed by atoms with van der Waals surface area (Å²) in [4.78, 5) is 0. The Morgan fingerprint density at radius 2 is 1.56 bits per heavy atom. The second-order valence-corrected chi connectivity index (χ2v) is 5.32. The first kappa shape index (κ1) is 13.2. The van der Waals surface area contributed by atoms with Gasteiger partial charge in [0, 0.05) is 6.07 Å². The Hall–Kier alpha value is -1.22. The monoisotopic (exact) mass is 250 g/mol. The molecule has 0 saturated heterocycles. The van der Waals surface area contributed by atoms with Crippen molar-refractivity contribution in [1.29, 1.82) is 0 Å². The van der Waals surface area contributed by atoms with E-state index in [1.165, 1.54) is 0 Å². The Bertz CT molecular complexity index is 384. The first-order valence-electron chi connectivity index (χ1n) is 6.53. The van der Waals surface area contributed by atoms with Crippen LogP contribution in [0.25, 0.3) is 0 Å². The van der Waals surface area contributed by atoms with E-state index in [-0.39, 0.29) is 0 Å². The van der Waals surface area contributed by atoms with E-state index < -0.39 is 5.60 Å². The molecule has 0 atom stereocenters. The van der Waals surface area contributed by atoms with Crippen molar-refractivity contribution in [2.75, 3.05) is 14.2 Å². The highest BCUT2D eigenvalue weighted by Gasteiger charge is 2.34. The lowest BCUT2D eigenvalue weighted by Crippen LogP contribution is -2.30. The Morgan fingerprint density at radius 3 is 2.00 bits per heavy atom. The zero-order valence-corrected chi connectivity index (χ0v) is 11.4. The number of aliphatic hydroxyl groups is 1. The van der Waals surface area contributed by atoms with E-state index >= 15 is 0 Å². The molecule has 0 bridgehead atoms. The zero-order chi connectivity index (χ0) is 13.2. The molecule has 3 heteroatoms. The van der Waals surface area contributed by atoms with Gasteiger partial charge < -0.3 is 14.6 Å². The van der Waals surface area contributed by atoms with Crippen LogP contribution in [0.5, 0.6) is 11.5 Å². The molecule has 3 nitrogen and oxygen atoms in total. The van der Waals surface area contributed by atoms with Crippen molar-refractivity contribution in [3.63, 3.8) is 0 Å². The second-order valence-electron chi connectivity index (χ2n) is 5.32. The van der Waals surface area contributed by atoms with Gasteiger partial charge in [-0.2, -0.15) is 0 Å². The summed E-state index contributed by atoms with van der Waals surface area (Å²) in [6, 6.07) is 5.66. The molecule has 1 saturated carbocycles. The standard InChI is InChI=1S/C15H22O3/c1-11-4-6-15(16,7-5-11)12-8-13(17-2)10-14(9-12)18-3/h8-11,16H,4-7H2,1-3H3. The molecular formula is C15H22O3. The minimum Gasteiger partial charge on any atom is -0.497 e. The third-order valence-corrected chi connectivity index (χ3v) is 3.99. The van der Waals surface area contributed by atoms with Crippen LogP contribution >= 0.6 is 0 Å². The molecule has 0 amide bonds. The summed E-state index contributed by atoms with van der Waals surface area (Å²) in [7, 11) is 3.26. The molecule has 18 heavy (non-hydrogen) atoms. The first-order valence-corrected chi connectivity index (χ1v) is 6.53. The van der Waals surface area contributed by atoms with Crippen molar-refractivity contribution < 1.29 is 14.6 Å². The van der Waals surface area contributed by atoms with Gasteiger partial charge in [0.05, 0.1) is 19.8 Å². The van der Waals surface area contributed by atoms with Crippen molar-refractivity contribution in [2.45, 2.75) is 38.2 Å². The largest absolute Gasteiger partial charge is 0.497 e. The van der Waals surface area contributed by atoms with Crippen LogP contribution < -0.4 is 9.47 Å². The van der Waals surface area contributed by atoms with Gasteiger partial charge in [-0.15, -0.1) is 0 Å². The van der Waals surface area contributed by atoms with E-state index in [4.69, 9.17) is 9.47 Å². The average molecular weight is 250 g/mol. The van der Waals surface area contributed by atoms with Gasteiger partial charge in [-0.3, -0.25) is 0 Å². The Morgan fingerprint density at radius 1 is 1.06 bits per heavy atom. The van der Waals surface area contributed by atoms with Crippen molar-refractivity contribution in [2.24, 2.45) is 5.92 Å². The van der Waals surface area contributed by atoms with Gasteiger partial charge in [-0.1, -0.05) is 6.92 Å². The lowest BCUT2D eigenvalue weighted by molar-refractivity contribution is -0.0123. The van der Waals surface area contributed by atoms with Crippen LogP contribution in [0, 0.1) is 5.92 Å². The first-order chi connectivity index (χ1) is 8.57. The predicted octanol–water partition coefficient (Wildman–Crippen LogP) is 3.10. The molecule has 1 N–H and O–H groups in total. The Kier molecular flexibility index (Phi) is 3.81. The van der Waals surface area contributed by atoms with E-state index in [0.29, 0.717) is 5.92 Å². The number of rotatable bonds is 3. The molecule has 1 aromatic rings. The second kappa shape index (κ2) is 5.19. The van der Waals surface area contributed by atoms with Crippen LogP contribution in [0.15, 0.2) is 18.2 Å². The minimum atomic E-state index is -0.728. The Balaban J connectivity index is 2.31. The summed E-state index contributed by atoms with van der Waals surface area (Å²) >= 11 is 0. The summed E-state index contributed by atoms with van der Waals surface area (Å²) < 4.78 is 10.5. The molecule has 100 valence electrons. The van der Waals surface area contributed by atoms with Crippen LogP contribution in [-0.4, -0.2) is 19.3 Å². The van der Waals surface area contributed by atoms with Crippen molar-refractivity contribution >= 4 is 0 Å². The quantitative estimate of drug-likeness (QED) is 0.896. The summed E-state index contributed by atoms with van der Waals surface area (Å²) in [6.45, 7) is 2.24. The smallest absolute Gasteiger partial charge is 0.122 e. The zero-order valence-electron chi connectivity index (χ0n) is 11.4. The van der Waals surface area contributed by atoms with Crippen molar-refractivity contribution in [1.82, 2.24) is 0 Å². The molecule has 0 unspecified atom stereocenters. The van der Waals surface area contributed by atoms with Crippen LogP contribution in [0.1, 0.15) is 38.2 Å². The van der Waals surface area contributed by atoms with Gasteiger partial charge in [0.2, 0.25) is 0 Å². The maximum Gasteiger partial charge on any atom is 0.122 e. The van der Waals surface area contributed by atoms with Gasteiger partial charge in [-0.05, 0) is 49.3 Å². The fourth-order valence-electron chi connectivity index (χ4n) is 2.60. The molecule has 2 rings (SSSR count). The van der Waals surface area contributed by atoms with E-state index in [1.54, 1.807) is 14.2 Å². The lowest BCUT2D eigenvalue weighted by atomic mass is 9.76. The third-order valence-electron chi connectivity index (χ3n) is 3.99. The normalized spacial score (nSPS) is 27.9. The molecule has 1 aliphatic carbocycles. The molecule has 0 aliphatic heterocycles. The molecule has 0 aromatic heterocycles. The van der Waals surface area contributed by atoms with Gasteiger partial charge in [0.25, 0.3) is 0 Å². The number of methoxy groups -OCH3 is 2. The fraction of sp³-hybridized carbons (Fsp3) is 0.600. The molecule has 0 heterocycles. The number of hydrogen-bond donors (Lipinski definition) is 1. The van der Waals surface area contributed by atoms with E-state index in [0.717, 1.165) is 42.7 Å². The maximum atomic E-state index is 10.8. The van der Waals surface area contributed by atoms with Gasteiger partial charge >= 0.3 is 0 Å².